The van der Waals surface area contributed by atoms with E-state index in [0.29, 0.717) is 10.7 Å². The maximum absolute atomic E-state index is 11.8. The summed E-state index contributed by atoms with van der Waals surface area (Å²) in [7, 11) is 1.83. The van der Waals surface area contributed by atoms with E-state index in [9.17, 15) is 4.79 Å². The van der Waals surface area contributed by atoms with Gasteiger partial charge in [0.15, 0.2) is 10.8 Å². The van der Waals surface area contributed by atoms with Gasteiger partial charge >= 0.3 is 5.97 Å². The van der Waals surface area contributed by atoms with E-state index in [1.54, 1.807) is 24.7 Å². The van der Waals surface area contributed by atoms with Gasteiger partial charge in [-0.1, -0.05) is 11.6 Å². The number of ether oxygens (including phenoxy) is 1. The number of carbonyl (C=O) groups excluding carboxylic acids is 1. The zero-order chi connectivity index (χ0) is 14.7. The molecule has 0 aliphatic carbocycles. The van der Waals surface area contributed by atoms with Crippen molar-refractivity contribution >= 4 is 29.3 Å². The fraction of sp³-hybridized carbons (Fsp3) is 0.333. The van der Waals surface area contributed by atoms with Crippen LogP contribution in [-0.2, 0) is 11.8 Å². The molecule has 6 nitrogen and oxygen atoms in total. The van der Waals surface area contributed by atoms with E-state index >= 15 is 0 Å². The highest BCUT2D eigenvalue weighted by Gasteiger charge is 2.18. The van der Waals surface area contributed by atoms with E-state index in [-0.39, 0.29) is 17.5 Å². The monoisotopic (exact) mass is 312 g/mol. The molecule has 2 heterocycles. The first kappa shape index (κ1) is 14.8. The molecule has 0 bridgehead atoms. The second kappa shape index (κ2) is 6.23. The molecule has 8 heteroatoms. The zero-order valence-corrected chi connectivity index (χ0v) is 12.8. The van der Waals surface area contributed by atoms with E-state index in [4.69, 9.17) is 16.3 Å². The second-order valence-electron chi connectivity index (χ2n) is 3.87. The van der Waals surface area contributed by atoms with Gasteiger partial charge in [0.2, 0.25) is 0 Å². The number of aryl methyl sites for hydroxylation is 2. The van der Waals surface area contributed by atoms with Gasteiger partial charge in [-0.15, -0.1) is 0 Å². The van der Waals surface area contributed by atoms with Gasteiger partial charge in [-0.25, -0.2) is 14.8 Å². The number of aromatic nitrogens is 4. The predicted octanol–water partition coefficient (Wildman–Crippen LogP) is 2.50. The summed E-state index contributed by atoms with van der Waals surface area (Å²) in [6.07, 6.45) is 1.69. The molecule has 0 atom stereocenters. The SMILES string of the molecule is CCOC(=O)c1nc(Sc2ccnn2C)c(C)nc1Cl. The Hall–Kier alpha value is -1.60. The summed E-state index contributed by atoms with van der Waals surface area (Å²) >= 11 is 7.31. The number of nitrogens with zero attached hydrogens (tertiary/aromatic N) is 4. The molecule has 0 fully saturated rings. The Morgan fingerprint density at radius 1 is 1.50 bits per heavy atom. The van der Waals surface area contributed by atoms with Crippen molar-refractivity contribution in [2.45, 2.75) is 23.9 Å². The minimum atomic E-state index is -0.572. The molecule has 0 N–H and O–H groups in total. The Morgan fingerprint density at radius 3 is 2.85 bits per heavy atom. The van der Waals surface area contributed by atoms with Gasteiger partial charge < -0.3 is 4.74 Å². The number of carbonyl (C=O) groups is 1. The molecule has 0 amide bonds. The Kier molecular flexibility index (Phi) is 4.61. The van der Waals surface area contributed by atoms with Crippen molar-refractivity contribution in [2.75, 3.05) is 6.61 Å². The summed E-state index contributed by atoms with van der Waals surface area (Å²) in [5, 5.41) is 5.61. The zero-order valence-electron chi connectivity index (χ0n) is 11.3. The third-order valence-corrected chi connectivity index (χ3v) is 3.88. The first-order valence-corrected chi connectivity index (χ1v) is 7.09. The Labute approximate surface area is 125 Å². The van der Waals surface area contributed by atoms with Crippen LogP contribution in [0.5, 0.6) is 0 Å². The minimum Gasteiger partial charge on any atom is -0.461 e. The average Bonchev–Trinajstić information content (AvgIpc) is 2.78. The number of hydrogen-bond acceptors (Lipinski definition) is 6. The van der Waals surface area contributed by atoms with Crippen molar-refractivity contribution in [1.82, 2.24) is 19.7 Å². The highest BCUT2D eigenvalue weighted by atomic mass is 35.5. The van der Waals surface area contributed by atoms with Crippen LogP contribution in [0.25, 0.3) is 0 Å². The molecular weight excluding hydrogens is 300 g/mol. The van der Waals surface area contributed by atoms with Crippen LogP contribution >= 0.6 is 23.4 Å². The van der Waals surface area contributed by atoms with Crippen LogP contribution in [0, 0.1) is 6.92 Å². The summed E-state index contributed by atoms with van der Waals surface area (Å²) in [6.45, 7) is 3.76. The van der Waals surface area contributed by atoms with Crippen LogP contribution in [0.2, 0.25) is 5.15 Å². The quantitative estimate of drug-likeness (QED) is 0.808. The lowest BCUT2D eigenvalue weighted by atomic mass is 10.4. The third-order valence-electron chi connectivity index (χ3n) is 2.43. The summed E-state index contributed by atoms with van der Waals surface area (Å²) < 4.78 is 6.62. The highest BCUT2D eigenvalue weighted by Crippen LogP contribution is 2.29. The van der Waals surface area contributed by atoms with Crippen molar-refractivity contribution in [2.24, 2.45) is 7.05 Å². The molecular formula is C12H13ClN4O2S. The first-order chi connectivity index (χ1) is 9.52. The number of rotatable bonds is 4. The summed E-state index contributed by atoms with van der Waals surface area (Å²) in [4.78, 5) is 20.2. The van der Waals surface area contributed by atoms with E-state index in [0.717, 1.165) is 5.03 Å². The third kappa shape index (κ3) is 3.10. The molecule has 0 saturated heterocycles. The molecule has 0 radical (unpaired) electrons. The Bertz CT molecular complexity index is 644. The van der Waals surface area contributed by atoms with Crippen molar-refractivity contribution in [3.8, 4) is 0 Å². The van der Waals surface area contributed by atoms with Gasteiger partial charge in [-0.3, -0.25) is 4.68 Å². The Morgan fingerprint density at radius 2 is 2.25 bits per heavy atom. The lowest BCUT2D eigenvalue weighted by molar-refractivity contribution is 0.0518. The maximum Gasteiger partial charge on any atom is 0.360 e. The van der Waals surface area contributed by atoms with Gasteiger partial charge in [0.1, 0.15) is 5.03 Å². The van der Waals surface area contributed by atoms with Crippen LogP contribution in [0.15, 0.2) is 22.3 Å². The Balaban J connectivity index is 2.36. The van der Waals surface area contributed by atoms with Gasteiger partial charge in [0, 0.05) is 7.05 Å². The van der Waals surface area contributed by atoms with Crippen LogP contribution < -0.4 is 0 Å². The van der Waals surface area contributed by atoms with Crippen molar-refractivity contribution < 1.29 is 9.53 Å². The predicted molar refractivity (Wildman–Crippen MR) is 75.1 cm³/mol. The molecule has 0 aromatic carbocycles. The van der Waals surface area contributed by atoms with Crippen LogP contribution in [0.3, 0.4) is 0 Å². The molecule has 0 aliphatic heterocycles. The maximum atomic E-state index is 11.8. The second-order valence-corrected chi connectivity index (χ2v) is 5.24. The van der Waals surface area contributed by atoms with E-state index < -0.39 is 5.97 Å². The van der Waals surface area contributed by atoms with Gasteiger partial charge in [-0.2, -0.15) is 5.10 Å². The molecule has 0 aliphatic rings. The summed E-state index contributed by atoms with van der Waals surface area (Å²) in [6, 6.07) is 1.85. The van der Waals surface area contributed by atoms with E-state index in [1.807, 2.05) is 13.1 Å². The normalized spacial score (nSPS) is 10.6. The molecule has 0 unspecified atom stereocenters. The van der Waals surface area contributed by atoms with E-state index in [1.165, 1.54) is 11.8 Å². The summed E-state index contributed by atoms with van der Waals surface area (Å²) in [5.41, 5.74) is 0.679. The van der Waals surface area contributed by atoms with Crippen LogP contribution in [0.1, 0.15) is 23.1 Å². The number of esters is 1. The fourth-order valence-electron chi connectivity index (χ4n) is 1.46. The lowest BCUT2D eigenvalue weighted by Crippen LogP contribution is -2.10. The van der Waals surface area contributed by atoms with Gasteiger partial charge in [-0.05, 0) is 31.7 Å². The van der Waals surface area contributed by atoms with Crippen molar-refractivity contribution in [3.63, 3.8) is 0 Å². The van der Waals surface area contributed by atoms with Gasteiger partial charge in [0.05, 0.1) is 23.5 Å². The molecule has 20 heavy (non-hydrogen) atoms. The molecule has 2 aromatic heterocycles. The molecule has 2 aromatic rings. The number of halogens is 1. The first-order valence-electron chi connectivity index (χ1n) is 5.90. The highest BCUT2D eigenvalue weighted by molar-refractivity contribution is 7.99. The summed E-state index contributed by atoms with van der Waals surface area (Å²) in [5.74, 6) is -0.572. The molecule has 0 saturated carbocycles. The standard InChI is InChI=1S/C12H13ClN4O2S/c1-4-19-12(18)9-10(13)15-7(2)11(16-9)20-8-5-6-14-17(8)3/h5-6H,4H2,1-3H3. The van der Waals surface area contributed by atoms with Crippen LogP contribution in [-0.4, -0.2) is 32.3 Å². The smallest absolute Gasteiger partial charge is 0.360 e. The molecule has 0 spiro atoms. The molecule has 106 valence electrons. The largest absolute Gasteiger partial charge is 0.461 e. The topological polar surface area (TPSA) is 69.9 Å². The number of hydrogen-bond donors (Lipinski definition) is 0. The minimum absolute atomic E-state index is 0.0313. The van der Waals surface area contributed by atoms with E-state index in [2.05, 4.69) is 15.1 Å². The van der Waals surface area contributed by atoms with Gasteiger partial charge in [0.25, 0.3) is 0 Å². The van der Waals surface area contributed by atoms with Crippen molar-refractivity contribution in [3.05, 3.63) is 28.8 Å². The molecule has 2 rings (SSSR count). The van der Waals surface area contributed by atoms with Crippen molar-refractivity contribution in [1.29, 1.82) is 0 Å². The average molecular weight is 313 g/mol. The lowest BCUT2D eigenvalue weighted by Gasteiger charge is -2.08. The van der Waals surface area contributed by atoms with Crippen LogP contribution in [0.4, 0.5) is 0 Å². The fourth-order valence-corrected chi connectivity index (χ4v) is 2.55.